The van der Waals surface area contributed by atoms with Gasteiger partial charge in [0.25, 0.3) is 0 Å². The van der Waals surface area contributed by atoms with E-state index in [2.05, 4.69) is 63.1 Å². The number of thiazole rings is 2. The van der Waals surface area contributed by atoms with E-state index in [0.717, 1.165) is 61.7 Å². The molecule has 6 heterocycles. The van der Waals surface area contributed by atoms with Crippen molar-refractivity contribution in [1.82, 2.24) is 15.4 Å². The number of hydrogen-bond acceptors (Lipinski definition) is 11. The molecule has 4 N–H and O–H groups in total. The fourth-order valence-electron chi connectivity index (χ4n) is 11.2. The summed E-state index contributed by atoms with van der Waals surface area (Å²) >= 11 is 4.42. The molecule has 74 heavy (non-hydrogen) atoms. The van der Waals surface area contributed by atoms with Gasteiger partial charge in [-0.15, -0.1) is 34.4 Å². The Kier molecular flexibility index (Phi) is 12.2. The van der Waals surface area contributed by atoms with Crippen LogP contribution in [0.5, 0.6) is 0 Å². The monoisotopic (exact) mass is 1030 g/mol. The molecule has 4 bridgehead atoms. The van der Waals surface area contributed by atoms with Crippen LogP contribution in [-0.4, -0.2) is 38.9 Å². The van der Waals surface area contributed by atoms with Crippen molar-refractivity contribution in [2.75, 3.05) is 22.3 Å². The lowest BCUT2D eigenvalue weighted by Gasteiger charge is -2.47. The first kappa shape index (κ1) is 47.4. The van der Waals surface area contributed by atoms with Crippen LogP contribution < -0.4 is 21.5 Å². The Morgan fingerprint density at radius 3 is 1.51 bits per heavy atom. The summed E-state index contributed by atoms with van der Waals surface area (Å²) in [7, 11) is 0. The number of nitrogens with one attached hydrogen (secondary N) is 4. The molecule has 2 amide bonds. The van der Waals surface area contributed by atoms with Crippen molar-refractivity contribution >= 4 is 94.6 Å². The van der Waals surface area contributed by atoms with Crippen LogP contribution in [0.3, 0.4) is 0 Å². The van der Waals surface area contributed by atoms with Crippen LogP contribution in [0.15, 0.2) is 172 Å². The van der Waals surface area contributed by atoms with Gasteiger partial charge in [0.2, 0.25) is 11.8 Å². The first-order valence-electron chi connectivity index (χ1n) is 24.3. The zero-order valence-corrected chi connectivity index (χ0v) is 42.8. The first-order chi connectivity index (χ1) is 36.0. The van der Waals surface area contributed by atoms with Crippen molar-refractivity contribution in [2.24, 2.45) is 20.8 Å². The average Bonchev–Trinajstić information content (AvgIpc) is 4.12. The number of carbonyl (C=O) groups is 2. The van der Waals surface area contributed by atoms with Crippen LogP contribution in [0.25, 0.3) is 44.1 Å². The van der Waals surface area contributed by atoms with Crippen LogP contribution in [0.1, 0.15) is 72.9 Å². The number of aromatic nitrogens is 2. The molecule has 6 atom stereocenters. The van der Waals surface area contributed by atoms with E-state index in [1.54, 1.807) is 36.0 Å². The van der Waals surface area contributed by atoms with E-state index in [9.17, 15) is 18.4 Å². The number of rotatable bonds is 8. The molecule has 7 aromatic carbocycles. The molecule has 9 aromatic rings. The van der Waals surface area contributed by atoms with Crippen LogP contribution in [0.2, 0.25) is 0 Å². The normalized spacial score (nSPS) is 21.9. The van der Waals surface area contributed by atoms with Crippen LogP contribution >= 0.6 is 34.4 Å². The maximum atomic E-state index is 14.4. The molecule has 2 aliphatic carbocycles. The van der Waals surface area contributed by atoms with Crippen molar-refractivity contribution in [3.63, 3.8) is 0 Å². The molecule has 368 valence electrons. The second-order valence-electron chi connectivity index (χ2n) is 19.5. The standard InChI is InChI=1S/C32H26FN5OS.C27H22FN3OS2/c1-32(30(39)36-31-34-27(18-40-31)23-15-16-26(33)22-13-7-5-11-20(22)23)17-25-21-12-6-8-14-24(21)28(32)35-29(25)38-37-19-9-3-2-4-10-19;1-27(13-20-16-8-4-6-10-19(16)23(27)30-24(20)33-2)25(32)31-26-29-22(14-34-26)18-11-12-21(28)17-9-5-3-7-15(17)18/h2-16,18,25,28,37H,17H2,1H3,(H,35,38)(H,34,36,39);3-12,14,20,23H,13H2,1-2H3,(H,29,31,32). The number of amides is 2. The number of thioether (sulfide) groups is 1. The van der Waals surface area contributed by atoms with Gasteiger partial charge in [0.15, 0.2) is 10.3 Å². The van der Waals surface area contributed by atoms with E-state index in [0.29, 0.717) is 33.2 Å². The molecule has 15 heteroatoms. The summed E-state index contributed by atoms with van der Waals surface area (Å²) in [4.78, 5) is 46.9. The van der Waals surface area contributed by atoms with Gasteiger partial charge in [-0.05, 0) is 102 Å². The zero-order valence-electron chi connectivity index (χ0n) is 40.4. The molecule has 15 rings (SSSR count). The Morgan fingerprint density at radius 2 is 0.986 bits per heavy atom. The Bertz CT molecular complexity index is 3750. The maximum absolute atomic E-state index is 14.4. The predicted octanol–water partition coefficient (Wildman–Crippen LogP) is 14.4. The van der Waals surface area contributed by atoms with Gasteiger partial charge < -0.3 is 10.6 Å². The van der Waals surface area contributed by atoms with Gasteiger partial charge in [0.1, 0.15) is 17.5 Å². The number of amidine groups is 1. The van der Waals surface area contributed by atoms with E-state index in [4.69, 9.17) is 15.0 Å². The first-order valence-corrected chi connectivity index (χ1v) is 27.3. The fraction of sp³-hybridized carbons (Fsp3) is 0.186. The Morgan fingerprint density at radius 1 is 0.541 bits per heavy atom. The molecule has 0 fully saturated rings. The van der Waals surface area contributed by atoms with Gasteiger partial charge in [0, 0.05) is 44.5 Å². The number of nitrogens with zero attached hydrogens (tertiary/aromatic N) is 4. The van der Waals surface area contributed by atoms with Gasteiger partial charge >= 0.3 is 0 Å². The van der Waals surface area contributed by atoms with Crippen molar-refractivity contribution in [1.29, 1.82) is 0 Å². The highest BCUT2D eigenvalue weighted by molar-refractivity contribution is 8.13. The molecule has 4 aliphatic heterocycles. The molecular weight excluding hydrogens is 987 g/mol. The minimum Gasteiger partial charge on any atom is -0.301 e. The van der Waals surface area contributed by atoms with E-state index in [-0.39, 0.29) is 47.4 Å². The van der Waals surface area contributed by atoms with Gasteiger partial charge in [-0.1, -0.05) is 115 Å². The van der Waals surface area contributed by atoms with E-state index in [1.165, 1.54) is 45.9 Å². The van der Waals surface area contributed by atoms with Crippen LogP contribution in [0, 0.1) is 22.5 Å². The molecular formula is C59H48F2N8O2S3. The highest BCUT2D eigenvalue weighted by Crippen LogP contribution is 2.58. The van der Waals surface area contributed by atoms with Crippen molar-refractivity contribution in [3.05, 3.63) is 196 Å². The lowest BCUT2D eigenvalue weighted by atomic mass is 9.62. The number of para-hydroxylation sites is 1. The maximum Gasteiger partial charge on any atom is 0.234 e. The average molecular weight is 1040 g/mol. The molecule has 6 aliphatic rings. The molecule has 6 unspecified atom stereocenters. The van der Waals surface area contributed by atoms with Gasteiger partial charge in [-0.25, -0.2) is 18.7 Å². The molecule has 0 radical (unpaired) electrons. The minimum atomic E-state index is -0.759. The van der Waals surface area contributed by atoms with Crippen molar-refractivity contribution in [3.8, 4) is 22.5 Å². The topological polar surface area (TPSA) is 133 Å². The summed E-state index contributed by atoms with van der Waals surface area (Å²) < 4.78 is 28.6. The summed E-state index contributed by atoms with van der Waals surface area (Å²) in [5.41, 5.74) is 13.9. The second-order valence-corrected chi connectivity index (χ2v) is 22.0. The van der Waals surface area contributed by atoms with Crippen molar-refractivity contribution < 1.29 is 18.4 Å². The fourth-order valence-corrected chi connectivity index (χ4v) is 13.4. The molecule has 10 nitrogen and oxygen atoms in total. The number of benzene rings is 7. The minimum absolute atomic E-state index is 0.0504. The molecule has 2 aromatic heterocycles. The summed E-state index contributed by atoms with van der Waals surface area (Å²) in [6.45, 7) is 4.00. The van der Waals surface area contributed by atoms with Gasteiger partial charge in [-0.3, -0.25) is 30.4 Å². The van der Waals surface area contributed by atoms with E-state index in [1.807, 2.05) is 110 Å². The highest BCUT2D eigenvalue weighted by atomic mass is 32.2. The Balaban J connectivity index is 0.000000152. The third-order valence-electron chi connectivity index (χ3n) is 15.0. The molecule has 0 spiro atoms. The SMILES string of the molecule is CC1(C(=O)Nc2nc(-c3ccc(F)c4ccccc34)cs2)CC2C(NNc3ccccc3)=NC1c1ccccc12.CSC1=NC2c3ccccc3C1CC2(C)C(=O)Nc1nc(-c2ccc(F)c3ccccc23)cs1. The third kappa shape index (κ3) is 8.23. The number of halogens is 2. The highest BCUT2D eigenvalue weighted by Gasteiger charge is 2.54. The summed E-state index contributed by atoms with van der Waals surface area (Å²) in [6.07, 6.45) is 3.39. The second kappa shape index (κ2) is 19.0. The van der Waals surface area contributed by atoms with Gasteiger partial charge in [-0.2, -0.15) is 0 Å². The smallest absolute Gasteiger partial charge is 0.234 e. The number of aliphatic imine (C=N–C) groups is 2. The Labute approximate surface area is 438 Å². The van der Waals surface area contributed by atoms with E-state index < -0.39 is 10.8 Å². The number of carbonyl (C=O) groups excluding carboxylic acids is 2. The quantitative estimate of drug-likeness (QED) is 0.111. The summed E-state index contributed by atoms with van der Waals surface area (Å²) in [5, 5.41) is 14.8. The van der Waals surface area contributed by atoms with Crippen LogP contribution in [0.4, 0.5) is 24.7 Å². The molecule has 0 saturated carbocycles. The number of hydrogen-bond donors (Lipinski definition) is 4. The predicted molar refractivity (Wildman–Crippen MR) is 298 cm³/mol. The zero-order chi connectivity index (χ0) is 50.7. The van der Waals surface area contributed by atoms with Gasteiger partial charge in [0.05, 0.1) is 45.0 Å². The van der Waals surface area contributed by atoms with Crippen molar-refractivity contribution in [2.45, 2.75) is 50.6 Å². The third-order valence-corrected chi connectivity index (χ3v) is 17.4. The number of hydrazine groups is 1. The largest absolute Gasteiger partial charge is 0.301 e. The van der Waals surface area contributed by atoms with Crippen LogP contribution in [-0.2, 0) is 9.59 Å². The summed E-state index contributed by atoms with van der Waals surface area (Å²) in [6, 6.07) is 47.0. The lowest BCUT2D eigenvalue weighted by molar-refractivity contribution is -0.127. The van der Waals surface area contributed by atoms with E-state index >= 15 is 0 Å². The number of anilines is 3. The lowest BCUT2D eigenvalue weighted by Crippen LogP contribution is -2.50. The number of fused-ring (bicyclic) bond motifs is 4. The summed E-state index contributed by atoms with van der Waals surface area (Å²) in [5.74, 6) is 0.227. The molecule has 0 saturated heterocycles. The Hall–Kier alpha value is -7.59.